The van der Waals surface area contributed by atoms with E-state index in [1.165, 1.54) is 35.2 Å². The standard InChI is InChI=1S/C19H17FN2O4/c20-14-6-8-15(9-7-14)26-12-18(23)25-11-3-10-22-13-21-17-5-2-1-4-16(17)19(22)24/h1-2,4-9,13H,3,10-12H2. The Bertz CT molecular complexity index is 954. The highest BCUT2D eigenvalue weighted by atomic mass is 19.1. The minimum atomic E-state index is -0.529. The summed E-state index contributed by atoms with van der Waals surface area (Å²) in [5.41, 5.74) is 0.527. The first-order valence-electron chi connectivity index (χ1n) is 8.11. The number of aryl methyl sites for hydroxylation is 1. The van der Waals surface area contributed by atoms with Crippen LogP contribution in [0.15, 0.2) is 59.7 Å². The Morgan fingerprint density at radius 1 is 1.12 bits per heavy atom. The monoisotopic (exact) mass is 356 g/mol. The lowest BCUT2D eigenvalue weighted by atomic mass is 10.2. The molecule has 0 aliphatic carbocycles. The fraction of sp³-hybridized carbons (Fsp3) is 0.211. The summed E-state index contributed by atoms with van der Waals surface area (Å²) < 4.78 is 24.5. The van der Waals surface area contributed by atoms with Crippen molar-refractivity contribution in [1.82, 2.24) is 9.55 Å². The van der Waals surface area contributed by atoms with Gasteiger partial charge in [0.1, 0.15) is 11.6 Å². The van der Waals surface area contributed by atoms with Crippen molar-refractivity contribution < 1.29 is 18.7 Å². The van der Waals surface area contributed by atoms with E-state index in [0.29, 0.717) is 29.6 Å². The smallest absolute Gasteiger partial charge is 0.344 e. The summed E-state index contributed by atoms with van der Waals surface area (Å²) in [5, 5.41) is 0.555. The number of carbonyl (C=O) groups excluding carboxylic acids is 1. The van der Waals surface area contributed by atoms with Crippen molar-refractivity contribution in [2.45, 2.75) is 13.0 Å². The molecule has 0 spiro atoms. The van der Waals surface area contributed by atoms with Crippen molar-refractivity contribution in [2.24, 2.45) is 0 Å². The third-order valence-corrected chi connectivity index (χ3v) is 3.71. The van der Waals surface area contributed by atoms with E-state index in [1.54, 1.807) is 18.2 Å². The normalized spacial score (nSPS) is 10.7. The van der Waals surface area contributed by atoms with Crippen LogP contribution in [0.1, 0.15) is 6.42 Å². The molecule has 0 unspecified atom stereocenters. The third-order valence-electron chi connectivity index (χ3n) is 3.71. The molecule has 0 radical (unpaired) electrons. The first kappa shape index (κ1) is 17.6. The van der Waals surface area contributed by atoms with Crippen LogP contribution >= 0.6 is 0 Å². The second-order valence-electron chi connectivity index (χ2n) is 5.58. The van der Waals surface area contributed by atoms with Gasteiger partial charge < -0.3 is 9.47 Å². The minimum absolute atomic E-state index is 0.124. The van der Waals surface area contributed by atoms with Crippen LogP contribution in [-0.4, -0.2) is 28.7 Å². The van der Waals surface area contributed by atoms with E-state index in [4.69, 9.17) is 9.47 Å². The minimum Gasteiger partial charge on any atom is -0.482 e. The molecule has 0 saturated heterocycles. The zero-order valence-corrected chi connectivity index (χ0v) is 13.9. The SMILES string of the molecule is O=C(COc1ccc(F)cc1)OCCCn1cnc2ccccc2c1=O. The van der Waals surface area contributed by atoms with Gasteiger partial charge in [0, 0.05) is 6.54 Å². The van der Waals surface area contributed by atoms with Crippen LogP contribution in [0.3, 0.4) is 0 Å². The summed E-state index contributed by atoms with van der Waals surface area (Å²) in [7, 11) is 0. The van der Waals surface area contributed by atoms with Gasteiger partial charge in [0.05, 0.1) is 23.8 Å². The number of aromatic nitrogens is 2. The Balaban J connectivity index is 1.44. The van der Waals surface area contributed by atoms with Crippen molar-refractivity contribution in [2.75, 3.05) is 13.2 Å². The van der Waals surface area contributed by atoms with E-state index >= 15 is 0 Å². The molecule has 6 nitrogen and oxygen atoms in total. The highest BCUT2D eigenvalue weighted by Crippen LogP contribution is 2.11. The Kier molecular flexibility index (Phi) is 5.58. The van der Waals surface area contributed by atoms with Crippen molar-refractivity contribution in [3.05, 3.63) is 71.0 Å². The lowest BCUT2D eigenvalue weighted by Gasteiger charge is -2.08. The number of benzene rings is 2. The average molecular weight is 356 g/mol. The maximum atomic E-state index is 12.8. The van der Waals surface area contributed by atoms with Crippen LogP contribution in [-0.2, 0) is 16.1 Å². The molecule has 0 aliphatic rings. The molecule has 0 amide bonds. The Labute approximate surface area is 148 Å². The fourth-order valence-corrected chi connectivity index (χ4v) is 2.40. The van der Waals surface area contributed by atoms with Gasteiger partial charge in [-0.05, 0) is 42.8 Å². The van der Waals surface area contributed by atoms with Crippen molar-refractivity contribution in [1.29, 1.82) is 0 Å². The van der Waals surface area contributed by atoms with Crippen LogP contribution in [0.2, 0.25) is 0 Å². The molecule has 0 fully saturated rings. The lowest BCUT2D eigenvalue weighted by molar-refractivity contribution is -0.146. The van der Waals surface area contributed by atoms with Crippen LogP contribution in [0.4, 0.5) is 4.39 Å². The van der Waals surface area contributed by atoms with E-state index in [9.17, 15) is 14.0 Å². The van der Waals surface area contributed by atoms with E-state index in [2.05, 4.69) is 4.98 Å². The number of ether oxygens (including phenoxy) is 2. The number of hydrogen-bond acceptors (Lipinski definition) is 5. The molecule has 134 valence electrons. The van der Waals surface area contributed by atoms with E-state index in [1.807, 2.05) is 6.07 Å². The van der Waals surface area contributed by atoms with Crippen LogP contribution < -0.4 is 10.3 Å². The number of hydrogen-bond donors (Lipinski definition) is 0. The first-order chi connectivity index (χ1) is 12.6. The van der Waals surface area contributed by atoms with E-state index in [0.717, 1.165) is 0 Å². The number of carbonyl (C=O) groups is 1. The summed E-state index contributed by atoms with van der Waals surface area (Å²) in [4.78, 5) is 28.2. The van der Waals surface area contributed by atoms with Gasteiger partial charge in [-0.3, -0.25) is 9.36 Å². The zero-order valence-electron chi connectivity index (χ0n) is 13.9. The topological polar surface area (TPSA) is 70.4 Å². The third kappa shape index (κ3) is 4.44. The Morgan fingerprint density at radius 2 is 1.88 bits per heavy atom. The molecule has 2 aromatic carbocycles. The summed E-state index contributed by atoms with van der Waals surface area (Å²) >= 11 is 0. The summed E-state index contributed by atoms with van der Waals surface area (Å²) in [6.07, 6.45) is 1.96. The summed E-state index contributed by atoms with van der Waals surface area (Å²) in [5.74, 6) is -0.520. The zero-order chi connectivity index (χ0) is 18.4. The predicted molar refractivity (Wildman–Crippen MR) is 93.5 cm³/mol. The van der Waals surface area contributed by atoms with Gasteiger partial charge in [-0.2, -0.15) is 0 Å². The van der Waals surface area contributed by atoms with Crippen LogP contribution in [0, 0.1) is 5.82 Å². The lowest BCUT2D eigenvalue weighted by Crippen LogP contribution is -2.22. The highest BCUT2D eigenvalue weighted by molar-refractivity contribution is 5.76. The number of nitrogens with zero attached hydrogens (tertiary/aromatic N) is 2. The molecule has 26 heavy (non-hydrogen) atoms. The molecule has 1 aromatic heterocycles. The maximum absolute atomic E-state index is 12.8. The van der Waals surface area contributed by atoms with E-state index in [-0.39, 0.29) is 24.6 Å². The second-order valence-corrected chi connectivity index (χ2v) is 5.58. The number of para-hydroxylation sites is 1. The van der Waals surface area contributed by atoms with Gasteiger partial charge in [0.25, 0.3) is 5.56 Å². The molecule has 7 heteroatoms. The number of rotatable bonds is 7. The molecule has 0 bridgehead atoms. The quantitative estimate of drug-likeness (QED) is 0.481. The number of fused-ring (bicyclic) bond motifs is 1. The molecule has 0 saturated carbocycles. The molecular formula is C19H17FN2O4. The van der Waals surface area contributed by atoms with Crippen LogP contribution in [0.5, 0.6) is 5.75 Å². The van der Waals surface area contributed by atoms with Gasteiger partial charge in [0.15, 0.2) is 6.61 Å². The Hall–Kier alpha value is -3.22. The molecule has 0 aliphatic heterocycles. The van der Waals surface area contributed by atoms with Gasteiger partial charge in [0.2, 0.25) is 0 Å². The maximum Gasteiger partial charge on any atom is 0.344 e. The number of halogens is 1. The van der Waals surface area contributed by atoms with Crippen molar-refractivity contribution in [3.8, 4) is 5.75 Å². The number of esters is 1. The molecule has 1 heterocycles. The predicted octanol–water partition coefficient (Wildman–Crippen LogP) is 2.55. The summed E-state index contributed by atoms with van der Waals surface area (Å²) in [6, 6.07) is 12.5. The molecule has 3 rings (SSSR count). The van der Waals surface area contributed by atoms with Gasteiger partial charge in [-0.25, -0.2) is 14.2 Å². The summed E-state index contributed by atoms with van der Waals surface area (Å²) in [6.45, 7) is 0.288. The second kappa shape index (κ2) is 8.24. The van der Waals surface area contributed by atoms with Crippen LogP contribution in [0.25, 0.3) is 10.9 Å². The highest BCUT2D eigenvalue weighted by Gasteiger charge is 2.06. The molecule has 3 aromatic rings. The molecule has 0 N–H and O–H groups in total. The van der Waals surface area contributed by atoms with E-state index < -0.39 is 5.97 Å². The Morgan fingerprint density at radius 3 is 2.69 bits per heavy atom. The van der Waals surface area contributed by atoms with Crippen molar-refractivity contribution in [3.63, 3.8) is 0 Å². The molecule has 0 atom stereocenters. The van der Waals surface area contributed by atoms with Crippen molar-refractivity contribution >= 4 is 16.9 Å². The average Bonchev–Trinajstić information content (AvgIpc) is 2.66. The first-order valence-corrected chi connectivity index (χ1v) is 8.11. The fourth-order valence-electron chi connectivity index (χ4n) is 2.40. The van der Waals surface area contributed by atoms with Gasteiger partial charge in [-0.1, -0.05) is 12.1 Å². The largest absolute Gasteiger partial charge is 0.482 e. The molecular weight excluding hydrogens is 339 g/mol. The van der Waals surface area contributed by atoms with Gasteiger partial charge in [-0.15, -0.1) is 0 Å². The van der Waals surface area contributed by atoms with Gasteiger partial charge >= 0.3 is 5.97 Å².